The van der Waals surface area contributed by atoms with Crippen LogP contribution in [0.2, 0.25) is 0 Å². The molecule has 6 nitrogen and oxygen atoms in total. The van der Waals surface area contributed by atoms with E-state index in [9.17, 15) is 9.59 Å². The van der Waals surface area contributed by atoms with Gasteiger partial charge in [-0.05, 0) is 25.7 Å². The van der Waals surface area contributed by atoms with Crippen LogP contribution in [0.1, 0.15) is 19.8 Å². The average Bonchev–Trinajstić information content (AvgIpc) is 2.84. The maximum atomic E-state index is 11.0. The highest BCUT2D eigenvalue weighted by atomic mass is 16.7. The molecule has 0 radical (unpaired) electrons. The Labute approximate surface area is 81.6 Å². The summed E-state index contributed by atoms with van der Waals surface area (Å²) in [4.78, 5) is 25.4. The van der Waals surface area contributed by atoms with Crippen molar-refractivity contribution in [3.63, 3.8) is 0 Å². The van der Waals surface area contributed by atoms with Crippen LogP contribution in [0.3, 0.4) is 0 Å². The molecule has 0 aromatic carbocycles. The van der Waals surface area contributed by atoms with E-state index in [2.05, 4.69) is 10.2 Å². The van der Waals surface area contributed by atoms with Gasteiger partial charge in [0, 0.05) is 6.04 Å². The fourth-order valence-electron chi connectivity index (χ4n) is 1.11. The van der Waals surface area contributed by atoms with Crippen LogP contribution < -0.4 is 10.8 Å². The SMILES string of the molecule is CC(NC(=O)NOCC(=O)O)C1CC1. The quantitative estimate of drug-likeness (QED) is 0.552. The van der Waals surface area contributed by atoms with Crippen molar-refractivity contribution in [1.29, 1.82) is 0 Å². The second-order valence-corrected chi connectivity index (χ2v) is 3.38. The lowest BCUT2D eigenvalue weighted by molar-refractivity contribution is -0.144. The molecule has 2 amide bonds. The number of urea groups is 1. The monoisotopic (exact) mass is 202 g/mol. The zero-order valence-corrected chi connectivity index (χ0v) is 7.95. The fourth-order valence-corrected chi connectivity index (χ4v) is 1.11. The predicted octanol–water partition coefficient (Wildman–Crippen LogP) is 0.100. The van der Waals surface area contributed by atoms with Crippen molar-refractivity contribution >= 4 is 12.0 Å². The van der Waals surface area contributed by atoms with Gasteiger partial charge in [-0.15, -0.1) is 0 Å². The summed E-state index contributed by atoms with van der Waals surface area (Å²) < 4.78 is 0. The normalized spacial score (nSPS) is 17.2. The molecule has 0 bridgehead atoms. The molecule has 6 heteroatoms. The van der Waals surface area contributed by atoms with E-state index in [-0.39, 0.29) is 6.04 Å². The van der Waals surface area contributed by atoms with E-state index in [0.717, 1.165) is 12.8 Å². The first-order chi connectivity index (χ1) is 6.59. The van der Waals surface area contributed by atoms with Crippen LogP contribution in [0.5, 0.6) is 0 Å². The van der Waals surface area contributed by atoms with Gasteiger partial charge in [0.1, 0.15) is 0 Å². The number of carbonyl (C=O) groups is 2. The molecule has 80 valence electrons. The zero-order chi connectivity index (χ0) is 10.6. The first-order valence-corrected chi connectivity index (χ1v) is 4.49. The van der Waals surface area contributed by atoms with Crippen molar-refractivity contribution < 1.29 is 19.5 Å². The Kier molecular flexibility index (Phi) is 3.70. The molecule has 0 aromatic heterocycles. The van der Waals surface area contributed by atoms with Gasteiger partial charge in [-0.2, -0.15) is 0 Å². The van der Waals surface area contributed by atoms with Crippen molar-refractivity contribution in [1.82, 2.24) is 10.8 Å². The average molecular weight is 202 g/mol. The van der Waals surface area contributed by atoms with E-state index in [0.29, 0.717) is 5.92 Å². The first-order valence-electron chi connectivity index (χ1n) is 4.49. The third-order valence-corrected chi connectivity index (χ3v) is 2.05. The minimum atomic E-state index is -1.12. The van der Waals surface area contributed by atoms with Crippen LogP contribution in [-0.4, -0.2) is 29.8 Å². The summed E-state index contributed by atoms with van der Waals surface area (Å²) in [6.45, 7) is 1.37. The number of hydrogen-bond acceptors (Lipinski definition) is 3. The topological polar surface area (TPSA) is 87.7 Å². The smallest absolute Gasteiger partial charge is 0.338 e. The maximum Gasteiger partial charge on any atom is 0.338 e. The number of carbonyl (C=O) groups excluding carboxylic acids is 1. The molecule has 0 aromatic rings. The molecule has 0 spiro atoms. The molecule has 1 fully saturated rings. The molecule has 0 heterocycles. The highest BCUT2D eigenvalue weighted by Gasteiger charge is 2.28. The molecule has 0 aliphatic heterocycles. The Morgan fingerprint density at radius 3 is 2.71 bits per heavy atom. The van der Waals surface area contributed by atoms with Crippen molar-refractivity contribution in [3.8, 4) is 0 Å². The fraction of sp³-hybridized carbons (Fsp3) is 0.750. The van der Waals surface area contributed by atoms with Crippen LogP contribution in [0.15, 0.2) is 0 Å². The summed E-state index contributed by atoms with van der Waals surface area (Å²) in [5, 5.41) is 10.9. The zero-order valence-electron chi connectivity index (χ0n) is 7.95. The number of amides is 2. The van der Waals surface area contributed by atoms with Gasteiger partial charge in [0.2, 0.25) is 0 Å². The molecule has 1 aliphatic carbocycles. The number of carboxylic acids is 1. The van der Waals surface area contributed by atoms with Crippen molar-refractivity contribution in [2.75, 3.05) is 6.61 Å². The van der Waals surface area contributed by atoms with Crippen LogP contribution in [0.4, 0.5) is 4.79 Å². The third kappa shape index (κ3) is 4.08. The summed E-state index contributed by atoms with van der Waals surface area (Å²) in [6.07, 6.45) is 2.27. The minimum Gasteiger partial charge on any atom is -0.479 e. The van der Waals surface area contributed by atoms with E-state index in [1.165, 1.54) is 0 Å². The molecular formula is C8H14N2O4. The van der Waals surface area contributed by atoms with Gasteiger partial charge in [-0.3, -0.25) is 4.84 Å². The number of rotatable bonds is 5. The van der Waals surface area contributed by atoms with Gasteiger partial charge in [-0.1, -0.05) is 0 Å². The molecule has 1 unspecified atom stereocenters. The minimum absolute atomic E-state index is 0.114. The van der Waals surface area contributed by atoms with E-state index >= 15 is 0 Å². The van der Waals surface area contributed by atoms with Crippen LogP contribution >= 0.6 is 0 Å². The molecular weight excluding hydrogens is 188 g/mol. The molecule has 1 aliphatic rings. The molecule has 3 N–H and O–H groups in total. The second kappa shape index (κ2) is 4.80. The predicted molar refractivity (Wildman–Crippen MR) is 47.4 cm³/mol. The third-order valence-electron chi connectivity index (χ3n) is 2.05. The van der Waals surface area contributed by atoms with Crippen molar-refractivity contribution in [3.05, 3.63) is 0 Å². The molecule has 1 atom stereocenters. The van der Waals surface area contributed by atoms with Gasteiger partial charge in [0.15, 0.2) is 6.61 Å². The van der Waals surface area contributed by atoms with Gasteiger partial charge in [0.25, 0.3) is 0 Å². The lowest BCUT2D eigenvalue weighted by Crippen LogP contribution is -2.42. The number of carboxylic acid groups (broad SMARTS) is 1. The van der Waals surface area contributed by atoms with E-state index in [1.807, 2.05) is 12.4 Å². The Morgan fingerprint density at radius 1 is 1.57 bits per heavy atom. The Hall–Kier alpha value is -1.30. The maximum absolute atomic E-state index is 11.0. The van der Waals surface area contributed by atoms with Crippen LogP contribution in [-0.2, 0) is 9.63 Å². The molecule has 14 heavy (non-hydrogen) atoms. The molecule has 1 saturated carbocycles. The summed E-state index contributed by atoms with van der Waals surface area (Å²) in [6, 6.07) is -0.380. The number of nitrogens with one attached hydrogen (secondary N) is 2. The van der Waals surface area contributed by atoms with Crippen molar-refractivity contribution in [2.45, 2.75) is 25.8 Å². The highest BCUT2D eigenvalue weighted by Crippen LogP contribution is 2.32. The van der Waals surface area contributed by atoms with Gasteiger partial charge < -0.3 is 10.4 Å². The Bertz CT molecular complexity index is 227. The van der Waals surface area contributed by atoms with Gasteiger partial charge in [-0.25, -0.2) is 15.1 Å². The number of hydrogen-bond donors (Lipinski definition) is 3. The van der Waals surface area contributed by atoms with Crippen molar-refractivity contribution in [2.24, 2.45) is 5.92 Å². The largest absolute Gasteiger partial charge is 0.479 e. The lowest BCUT2D eigenvalue weighted by Gasteiger charge is -2.12. The molecule has 0 saturated heterocycles. The van der Waals surface area contributed by atoms with E-state index < -0.39 is 18.6 Å². The standard InChI is InChI=1S/C8H14N2O4/c1-5(6-2-3-6)9-8(13)10-14-4-7(11)12/h5-6H,2-4H2,1H3,(H,11,12)(H2,9,10,13). The Balaban J connectivity index is 2.05. The second-order valence-electron chi connectivity index (χ2n) is 3.38. The summed E-state index contributed by atoms with van der Waals surface area (Å²) in [5.41, 5.74) is 2.00. The van der Waals surface area contributed by atoms with E-state index in [4.69, 9.17) is 5.11 Å². The first kappa shape index (κ1) is 10.8. The summed E-state index contributed by atoms with van der Waals surface area (Å²) in [7, 11) is 0. The number of hydroxylamine groups is 1. The van der Waals surface area contributed by atoms with E-state index in [1.54, 1.807) is 0 Å². The highest BCUT2D eigenvalue weighted by molar-refractivity contribution is 5.73. The van der Waals surface area contributed by atoms with Crippen LogP contribution in [0, 0.1) is 5.92 Å². The van der Waals surface area contributed by atoms with Crippen LogP contribution in [0.25, 0.3) is 0 Å². The van der Waals surface area contributed by atoms with Gasteiger partial charge >= 0.3 is 12.0 Å². The number of aliphatic carboxylic acids is 1. The summed E-state index contributed by atoms with van der Waals surface area (Å²) in [5.74, 6) is -0.569. The Morgan fingerprint density at radius 2 is 2.21 bits per heavy atom. The van der Waals surface area contributed by atoms with Gasteiger partial charge in [0.05, 0.1) is 0 Å². The molecule has 1 rings (SSSR count). The lowest BCUT2D eigenvalue weighted by atomic mass is 10.2. The summed E-state index contributed by atoms with van der Waals surface area (Å²) >= 11 is 0.